The molecule has 0 fully saturated rings. The van der Waals surface area contributed by atoms with Gasteiger partial charge in [-0.1, -0.05) is 12.1 Å². The van der Waals surface area contributed by atoms with Crippen LogP contribution in [0.4, 0.5) is 0 Å². The fourth-order valence-electron chi connectivity index (χ4n) is 1.69. The third kappa shape index (κ3) is 3.24. The van der Waals surface area contributed by atoms with E-state index in [0.29, 0.717) is 12.2 Å². The first-order chi connectivity index (χ1) is 8.55. The van der Waals surface area contributed by atoms with Gasteiger partial charge in [0, 0.05) is 6.42 Å². The van der Waals surface area contributed by atoms with E-state index in [1.54, 1.807) is 7.11 Å². The zero-order valence-corrected chi connectivity index (χ0v) is 10.9. The molecule has 0 unspecified atom stereocenters. The molecule has 0 spiro atoms. The molecule has 0 aliphatic rings. The van der Waals surface area contributed by atoms with Gasteiger partial charge in [0.1, 0.15) is 5.75 Å². The van der Waals surface area contributed by atoms with Crippen LogP contribution in [0.25, 0.3) is 0 Å². The van der Waals surface area contributed by atoms with Crippen LogP contribution in [0, 0.1) is 11.3 Å². The Morgan fingerprint density at radius 3 is 2.72 bits per heavy atom. The van der Waals surface area contributed by atoms with Crippen molar-refractivity contribution in [3.8, 4) is 11.8 Å². The summed E-state index contributed by atoms with van der Waals surface area (Å²) in [4.78, 5) is 11.2. The molecule has 18 heavy (non-hydrogen) atoms. The minimum Gasteiger partial charge on any atom is -0.497 e. The van der Waals surface area contributed by atoms with Crippen LogP contribution in [-0.4, -0.2) is 20.2 Å². The molecule has 0 aliphatic heterocycles. The van der Waals surface area contributed by atoms with Crippen LogP contribution < -0.4 is 4.74 Å². The molecule has 1 rings (SSSR count). The molecule has 1 aromatic carbocycles. The van der Waals surface area contributed by atoms with Gasteiger partial charge < -0.3 is 9.47 Å². The summed E-state index contributed by atoms with van der Waals surface area (Å²) >= 11 is 0. The van der Waals surface area contributed by atoms with Crippen molar-refractivity contribution in [1.29, 1.82) is 5.26 Å². The molecule has 0 saturated carbocycles. The molecule has 96 valence electrons. The average molecular weight is 247 g/mol. The quantitative estimate of drug-likeness (QED) is 0.750. The monoisotopic (exact) mass is 247 g/mol. The molecule has 0 saturated heterocycles. The number of carbonyl (C=O) groups is 1. The third-order valence-electron chi connectivity index (χ3n) is 3.01. The van der Waals surface area contributed by atoms with Crippen molar-refractivity contribution in [1.82, 2.24) is 0 Å². The lowest BCUT2D eigenvalue weighted by molar-refractivity contribution is -0.140. The Labute approximate surface area is 107 Å². The number of carbonyl (C=O) groups excluding carboxylic acids is 1. The van der Waals surface area contributed by atoms with Crippen LogP contribution in [-0.2, 0) is 14.9 Å². The van der Waals surface area contributed by atoms with Crippen LogP contribution in [0.5, 0.6) is 5.75 Å². The SMILES string of the molecule is COC(=O)CC[C@](C)(C#N)c1cccc(OC)c1. The molecule has 0 aromatic heterocycles. The second-order valence-electron chi connectivity index (χ2n) is 4.25. The van der Waals surface area contributed by atoms with Crippen LogP contribution >= 0.6 is 0 Å². The van der Waals surface area contributed by atoms with E-state index in [4.69, 9.17) is 4.74 Å². The summed E-state index contributed by atoms with van der Waals surface area (Å²) in [5, 5.41) is 9.34. The number of ether oxygens (including phenoxy) is 2. The molecular weight excluding hydrogens is 230 g/mol. The summed E-state index contributed by atoms with van der Waals surface area (Å²) in [5.74, 6) is 0.395. The highest BCUT2D eigenvalue weighted by molar-refractivity contribution is 5.69. The predicted octanol–water partition coefficient (Wildman–Crippen LogP) is 2.43. The number of rotatable bonds is 5. The summed E-state index contributed by atoms with van der Waals surface area (Å²) in [6, 6.07) is 9.60. The van der Waals surface area contributed by atoms with E-state index in [2.05, 4.69) is 10.8 Å². The fourth-order valence-corrected chi connectivity index (χ4v) is 1.69. The number of hydrogen-bond acceptors (Lipinski definition) is 4. The van der Waals surface area contributed by atoms with Gasteiger partial charge in [-0.3, -0.25) is 4.79 Å². The fraction of sp³-hybridized carbons (Fsp3) is 0.429. The summed E-state index contributed by atoms with van der Waals surface area (Å²) in [6.07, 6.45) is 0.640. The van der Waals surface area contributed by atoms with Crippen molar-refractivity contribution in [2.24, 2.45) is 0 Å². The Bertz CT molecular complexity index is 464. The van der Waals surface area contributed by atoms with Gasteiger partial charge in [-0.2, -0.15) is 5.26 Å². The van der Waals surface area contributed by atoms with Gasteiger partial charge >= 0.3 is 5.97 Å². The Kier molecular flexibility index (Phi) is 4.73. The Hall–Kier alpha value is -2.02. The molecule has 0 radical (unpaired) electrons. The van der Waals surface area contributed by atoms with Gasteiger partial charge in [0.15, 0.2) is 0 Å². The molecule has 0 N–H and O–H groups in total. The second kappa shape index (κ2) is 6.06. The molecule has 1 atom stereocenters. The van der Waals surface area contributed by atoms with E-state index in [1.807, 2.05) is 31.2 Å². The van der Waals surface area contributed by atoms with E-state index in [-0.39, 0.29) is 12.4 Å². The average Bonchev–Trinajstić information content (AvgIpc) is 2.44. The van der Waals surface area contributed by atoms with Gasteiger partial charge in [0.05, 0.1) is 25.7 Å². The Morgan fingerprint density at radius 1 is 1.44 bits per heavy atom. The second-order valence-corrected chi connectivity index (χ2v) is 4.25. The summed E-state index contributed by atoms with van der Waals surface area (Å²) < 4.78 is 9.74. The molecule has 4 nitrogen and oxygen atoms in total. The third-order valence-corrected chi connectivity index (χ3v) is 3.01. The van der Waals surface area contributed by atoms with Gasteiger partial charge in [-0.05, 0) is 31.0 Å². The van der Waals surface area contributed by atoms with E-state index >= 15 is 0 Å². The van der Waals surface area contributed by atoms with Gasteiger partial charge in [-0.25, -0.2) is 0 Å². The maximum absolute atomic E-state index is 11.2. The Balaban J connectivity index is 2.92. The largest absolute Gasteiger partial charge is 0.497 e. The van der Waals surface area contributed by atoms with Crippen molar-refractivity contribution in [3.05, 3.63) is 29.8 Å². The maximum Gasteiger partial charge on any atom is 0.305 e. The molecule has 0 amide bonds. The molecular formula is C14H17NO3. The summed E-state index contributed by atoms with van der Waals surface area (Å²) in [5.41, 5.74) is 0.121. The topological polar surface area (TPSA) is 59.3 Å². The summed E-state index contributed by atoms with van der Waals surface area (Å²) in [6.45, 7) is 1.81. The number of hydrogen-bond donors (Lipinski definition) is 0. The molecule has 0 aliphatic carbocycles. The van der Waals surface area contributed by atoms with Crippen molar-refractivity contribution in [3.63, 3.8) is 0 Å². The highest BCUT2D eigenvalue weighted by atomic mass is 16.5. The first kappa shape index (κ1) is 14.0. The first-order valence-corrected chi connectivity index (χ1v) is 5.68. The lowest BCUT2D eigenvalue weighted by Crippen LogP contribution is -2.21. The molecule has 4 heteroatoms. The van der Waals surface area contributed by atoms with E-state index in [9.17, 15) is 10.1 Å². The predicted molar refractivity (Wildman–Crippen MR) is 67.2 cm³/mol. The molecule has 1 aromatic rings. The van der Waals surface area contributed by atoms with Gasteiger partial charge in [-0.15, -0.1) is 0 Å². The molecule has 0 heterocycles. The smallest absolute Gasteiger partial charge is 0.305 e. The number of nitrogens with zero attached hydrogens (tertiary/aromatic N) is 1. The van der Waals surface area contributed by atoms with E-state index < -0.39 is 5.41 Å². The summed E-state index contributed by atoms with van der Waals surface area (Å²) in [7, 11) is 2.93. The van der Waals surface area contributed by atoms with Crippen molar-refractivity contribution in [2.45, 2.75) is 25.2 Å². The van der Waals surface area contributed by atoms with E-state index in [0.717, 1.165) is 5.56 Å². The highest BCUT2D eigenvalue weighted by Crippen LogP contribution is 2.30. The maximum atomic E-state index is 11.2. The van der Waals surface area contributed by atoms with Gasteiger partial charge in [0.25, 0.3) is 0 Å². The van der Waals surface area contributed by atoms with Crippen molar-refractivity contribution >= 4 is 5.97 Å². The lowest BCUT2D eigenvalue weighted by Gasteiger charge is -2.22. The lowest BCUT2D eigenvalue weighted by atomic mass is 9.80. The highest BCUT2D eigenvalue weighted by Gasteiger charge is 2.27. The number of esters is 1. The van der Waals surface area contributed by atoms with Crippen LogP contribution in [0.3, 0.4) is 0 Å². The number of nitriles is 1. The zero-order valence-electron chi connectivity index (χ0n) is 10.9. The number of benzene rings is 1. The number of methoxy groups -OCH3 is 2. The zero-order chi connectivity index (χ0) is 13.6. The van der Waals surface area contributed by atoms with Crippen molar-refractivity contribution < 1.29 is 14.3 Å². The van der Waals surface area contributed by atoms with Crippen molar-refractivity contribution in [2.75, 3.05) is 14.2 Å². The molecule has 0 bridgehead atoms. The minimum atomic E-state index is -0.720. The van der Waals surface area contributed by atoms with Crippen LogP contribution in [0.2, 0.25) is 0 Å². The standard InChI is InChI=1S/C14H17NO3/c1-14(10-15,8-7-13(16)18-3)11-5-4-6-12(9-11)17-2/h4-6,9H,7-8H2,1-3H3/t14-/m1/s1. The van der Waals surface area contributed by atoms with E-state index in [1.165, 1.54) is 7.11 Å². The minimum absolute atomic E-state index is 0.220. The normalized spacial score (nSPS) is 13.2. The Morgan fingerprint density at radius 2 is 2.17 bits per heavy atom. The van der Waals surface area contributed by atoms with Crippen LogP contribution in [0.1, 0.15) is 25.3 Å². The first-order valence-electron chi connectivity index (χ1n) is 5.68. The van der Waals surface area contributed by atoms with Crippen LogP contribution in [0.15, 0.2) is 24.3 Å². The van der Waals surface area contributed by atoms with Gasteiger partial charge in [0.2, 0.25) is 0 Å².